The third-order valence-corrected chi connectivity index (χ3v) is 5.04. The van der Waals surface area contributed by atoms with Crippen molar-refractivity contribution in [3.8, 4) is 5.75 Å². The van der Waals surface area contributed by atoms with Crippen LogP contribution in [0.3, 0.4) is 0 Å². The zero-order valence-corrected chi connectivity index (χ0v) is 15.7. The summed E-state index contributed by atoms with van der Waals surface area (Å²) in [6.45, 7) is 6.76. The van der Waals surface area contributed by atoms with Crippen LogP contribution in [-0.4, -0.2) is 54.1 Å². The lowest BCUT2D eigenvalue weighted by molar-refractivity contribution is 0.113. The molecule has 0 amide bonds. The molecule has 2 aromatic rings. The SMILES string of the molecule is Cl.Nc1ncc(CN2CCN(CCOc3ccccc3Cl)CC2)s1. The number of para-hydroxylation sites is 1. The molecule has 0 saturated carbocycles. The normalized spacial score (nSPS) is 15.9. The second-order valence-electron chi connectivity index (χ2n) is 5.56. The van der Waals surface area contributed by atoms with Crippen LogP contribution in [0.25, 0.3) is 0 Å². The van der Waals surface area contributed by atoms with Crippen molar-refractivity contribution in [2.45, 2.75) is 6.54 Å². The van der Waals surface area contributed by atoms with Gasteiger partial charge in [0.05, 0.1) is 5.02 Å². The molecule has 1 saturated heterocycles. The Labute approximate surface area is 157 Å². The fourth-order valence-corrected chi connectivity index (χ4v) is 3.55. The summed E-state index contributed by atoms with van der Waals surface area (Å²) in [6, 6.07) is 7.60. The smallest absolute Gasteiger partial charge is 0.180 e. The Morgan fingerprint density at radius 3 is 2.54 bits per heavy atom. The maximum atomic E-state index is 6.09. The summed E-state index contributed by atoms with van der Waals surface area (Å²) in [5.41, 5.74) is 5.68. The molecule has 0 radical (unpaired) electrons. The van der Waals surface area contributed by atoms with Gasteiger partial charge in [0.2, 0.25) is 0 Å². The van der Waals surface area contributed by atoms with Gasteiger partial charge in [0.25, 0.3) is 0 Å². The summed E-state index contributed by atoms with van der Waals surface area (Å²) < 4.78 is 5.76. The minimum absolute atomic E-state index is 0. The molecule has 2 heterocycles. The lowest BCUT2D eigenvalue weighted by Crippen LogP contribution is -2.46. The number of nitrogen functional groups attached to an aromatic ring is 1. The molecule has 2 N–H and O–H groups in total. The minimum Gasteiger partial charge on any atom is -0.491 e. The number of halogens is 2. The maximum absolute atomic E-state index is 6.09. The van der Waals surface area contributed by atoms with E-state index in [1.54, 1.807) is 11.3 Å². The monoisotopic (exact) mass is 388 g/mol. The first kappa shape index (κ1) is 19.3. The second kappa shape index (κ2) is 9.44. The summed E-state index contributed by atoms with van der Waals surface area (Å²) in [5.74, 6) is 0.760. The number of aromatic nitrogens is 1. The Kier molecular flexibility index (Phi) is 7.58. The predicted molar refractivity (Wildman–Crippen MR) is 102 cm³/mol. The van der Waals surface area contributed by atoms with E-state index in [0.29, 0.717) is 16.8 Å². The van der Waals surface area contributed by atoms with Gasteiger partial charge in [-0.1, -0.05) is 23.7 Å². The summed E-state index contributed by atoms with van der Waals surface area (Å²) >= 11 is 7.66. The number of anilines is 1. The van der Waals surface area contributed by atoms with Gasteiger partial charge < -0.3 is 10.5 Å². The first-order valence-electron chi connectivity index (χ1n) is 7.73. The van der Waals surface area contributed by atoms with Crippen LogP contribution in [0.2, 0.25) is 5.02 Å². The van der Waals surface area contributed by atoms with E-state index in [1.807, 2.05) is 30.5 Å². The Morgan fingerprint density at radius 2 is 1.88 bits per heavy atom. The standard InChI is InChI=1S/C16H21ClN4OS.ClH/c17-14-3-1-2-4-15(14)22-10-9-20-5-7-21(8-6-20)12-13-11-19-16(18)23-13;/h1-4,11H,5-10,12H2,(H2,18,19);1H. The number of piperazine rings is 1. The van der Waals surface area contributed by atoms with Crippen molar-refractivity contribution in [1.29, 1.82) is 0 Å². The summed E-state index contributed by atoms with van der Waals surface area (Å²) in [6.07, 6.45) is 1.88. The van der Waals surface area contributed by atoms with Gasteiger partial charge in [-0.3, -0.25) is 9.80 Å². The van der Waals surface area contributed by atoms with Gasteiger partial charge in [-0.15, -0.1) is 23.7 Å². The Balaban J connectivity index is 0.00000208. The summed E-state index contributed by atoms with van der Waals surface area (Å²) in [4.78, 5) is 10.2. The summed E-state index contributed by atoms with van der Waals surface area (Å²) in [5, 5.41) is 1.32. The van der Waals surface area contributed by atoms with Crippen LogP contribution in [0.1, 0.15) is 4.88 Å². The highest BCUT2D eigenvalue weighted by Crippen LogP contribution is 2.23. The lowest BCUT2D eigenvalue weighted by Gasteiger charge is -2.34. The second-order valence-corrected chi connectivity index (χ2v) is 7.12. The van der Waals surface area contributed by atoms with E-state index in [9.17, 15) is 0 Å². The number of nitrogens with zero attached hydrogens (tertiary/aromatic N) is 3. The molecule has 1 aliphatic rings. The first-order chi connectivity index (χ1) is 11.2. The molecule has 132 valence electrons. The van der Waals surface area contributed by atoms with Crippen LogP contribution in [0.15, 0.2) is 30.5 Å². The van der Waals surface area contributed by atoms with Crippen molar-refractivity contribution in [2.24, 2.45) is 0 Å². The molecule has 1 aromatic heterocycles. The zero-order chi connectivity index (χ0) is 16.1. The number of ether oxygens (including phenoxy) is 1. The number of hydrogen-bond donors (Lipinski definition) is 1. The largest absolute Gasteiger partial charge is 0.491 e. The average Bonchev–Trinajstić information content (AvgIpc) is 2.96. The van der Waals surface area contributed by atoms with Gasteiger partial charge in [-0.2, -0.15) is 0 Å². The first-order valence-corrected chi connectivity index (χ1v) is 8.92. The Bertz CT molecular complexity index is 632. The average molecular weight is 389 g/mol. The van der Waals surface area contributed by atoms with E-state index in [4.69, 9.17) is 22.1 Å². The number of benzene rings is 1. The zero-order valence-electron chi connectivity index (χ0n) is 13.4. The van der Waals surface area contributed by atoms with Gasteiger partial charge in [0, 0.05) is 50.3 Å². The molecule has 0 atom stereocenters. The minimum atomic E-state index is 0. The van der Waals surface area contributed by atoms with Crippen molar-refractivity contribution in [3.05, 3.63) is 40.4 Å². The van der Waals surface area contributed by atoms with Crippen molar-refractivity contribution in [1.82, 2.24) is 14.8 Å². The topological polar surface area (TPSA) is 54.6 Å². The maximum Gasteiger partial charge on any atom is 0.180 e. The number of hydrogen-bond acceptors (Lipinski definition) is 6. The van der Waals surface area contributed by atoms with Crippen molar-refractivity contribution >= 4 is 40.5 Å². The predicted octanol–water partition coefficient (Wildman–Crippen LogP) is 3.00. The molecule has 24 heavy (non-hydrogen) atoms. The highest BCUT2D eigenvalue weighted by Gasteiger charge is 2.17. The van der Waals surface area contributed by atoms with Gasteiger partial charge in [-0.25, -0.2) is 4.98 Å². The Hall–Kier alpha value is -1.05. The highest BCUT2D eigenvalue weighted by molar-refractivity contribution is 7.15. The molecule has 5 nitrogen and oxygen atoms in total. The van der Waals surface area contributed by atoms with Crippen LogP contribution in [-0.2, 0) is 6.54 Å². The number of nitrogens with two attached hydrogens (primary N) is 1. The molecule has 0 unspecified atom stereocenters. The van der Waals surface area contributed by atoms with Crippen LogP contribution >= 0.6 is 35.3 Å². The van der Waals surface area contributed by atoms with E-state index >= 15 is 0 Å². The van der Waals surface area contributed by atoms with E-state index in [0.717, 1.165) is 45.0 Å². The van der Waals surface area contributed by atoms with Gasteiger partial charge >= 0.3 is 0 Å². The van der Waals surface area contributed by atoms with E-state index < -0.39 is 0 Å². The Morgan fingerprint density at radius 1 is 1.17 bits per heavy atom. The van der Waals surface area contributed by atoms with E-state index in [-0.39, 0.29) is 12.4 Å². The molecule has 3 rings (SSSR count). The molecular weight excluding hydrogens is 367 g/mol. The van der Waals surface area contributed by atoms with Crippen molar-refractivity contribution < 1.29 is 4.74 Å². The number of rotatable bonds is 6. The van der Waals surface area contributed by atoms with Crippen LogP contribution in [0.5, 0.6) is 5.75 Å². The van der Waals surface area contributed by atoms with Gasteiger partial charge in [0.1, 0.15) is 12.4 Å². The molecule has 1 aliphatic heterocycles. The number of thiazole rings is 1. The molecule has 0 aliphatic carbocycles. The van der Waals surface area contributed by atoms with Crippen LogP contribution in [0, 0.1) is 0 Å². The van der Waals surface area contributed by atoms with E-state index in [1.165, 1.54) is 4.88 Å². The van der Waals surface area contributed by atoms with Gasteiger partial charge in [0.15, 0.2) is 5.13 Å². The lowest BCUT2D eigenvalue weighted by atomic mass is 10.3. The fourth-order valence-electron chi connectivity index (χ4n) is 2.63. The van der Waals surface area contributed by atoms with E-state index in [2.05, 4.69) is 14.8 Å². The summed E-state index contributed by atoms with van der Waals surface area (Å²) in [7, 11) is 0. The molecular formula is C16H22Cl2N4OS. The molecule has 0 bridgehead atoms. The third-order valence-electron chi connectivity index (χ3n) is 3.92. The third kappa shape index (κ3) is 5.50. The fraction of sp³-hybridized carbons (Fsp3) is 0.438. The van der Waals surface area contributed by atoms with Gasteiger partial charge in [-0.05, 0) is 12.1 Å². The quantitative estimate of drug-likeness (QED) is 0.823. The molecule has 8 heteroatoms. The van der Waals surface area contributed by atoms with Crippen molar-refractivity contribution in [3.63, 3.8) is 0 Å². The van der Waals surface area contributed by atoms with Crippen LogP contribution in [0.4, 0.5) is 5.13 Å². The molecule has 1 aromatic carbocycles. The molecule has 0 spiro atoms. The molecule has 1 fully saturated rings. The highest BCUT2D eigenvalue weighted by atomic mass is 35.5. The van der Waals surface area contributed by atoms with Crippen LogP contribution < -0.4 is 10.5 Å². The van der Waals surface area contributed by atoms with Crippen molar-refractivity contribution in [2.75, 3.05) is 45.1 Å².